The third-order valence-corrected chi connectivity index (χ3v) is 3.60. The highest BCUT2D eigenvalue weighted by Gasteiger charge is 2.04. The highest BCUT2D eigenvalue weighted by molar-refractivity contribution is 7.99. The van der Waals surface area contributed by atoms with E-state index in [1.54, 1.807) is 11.8 Å². The Balaban J connectivity index is 2.39. The topological polar surface area (TPSA) is 37.8 Å². The zero-order valence-electron chi connectivity index (χ0n) is 11.2. The number of rotatable bonds is 7. The van der Waals surface area contributed by atoms with Crippen molar-refractivity contribution in [1.29, 1.82) is 0 Å². The van der Waals surface area contributed by atoms with E-state index >= 15 is 0 Å². The highest BCUT2D eigenvalue weighted by Crippen LogP contribution is 2.20. The molecule has 1 rings (SSSR count). The second-order valence-electron chi connectivity index (χ2n) is 4.74. The van der Waals surface area contributed by atoms with Gasteiger partial charge in [-0.15, -0.1) is 0 Å². The second-order valence-corrected chi connectivity index (χ2v) is 6.14. The molecule has 0 saturated heterocycles. The van der Waals surface area contributed by atoms with Crippen LogP contribution in [0.4, 0.5) is 0 Å². The zero-order valence-corrected chi connectivity index (χ0v) is 12.0. The molecule has 1 aromatic rings. The van der Waals surface area contributed by atoms with Crippen molar-refractivity contribution in [3.63, 3.8) is 0 Å². The van der Waals surface area contributed by atoms with Crippen LogP contribution in [-0.2, 0) is 6.54 Å². The number of hydrogen-bond donors (Lipinski definition) is 1. The molecule has 0 radical (unpaired) electrons. The summed E-state index contributed by atoms with van der Waals surface area (Å²) in [7, 11) is 0. The number of thioether (sulfide) groups is 1. The van der Waals surface area contributed by atoms with Gasteiger partial charge in [-0.25, -0.2) is 9.97 Å². The minimum absolute atomic E-state index is 0.583. The van der Waals surface area contributed by atoms with Crippen molar-refractivity contribution in [3.8, 4) is 0 Å². The number of hydrogen-bond acceptors (Lipinski definition) is 4. The molecule has 0 aromatic carbocycles. The number of nitrogens with one attached hydrogen (secondary N) is 1. The molecule has 0 aliphatic carbocycles. The van der Waals surface area contributed by atoms with E-state index in [0.717, 1.165) is 30.2 Å². The minimum Gasteiger partial charge on any atom is -0.312 e. The maximum absolute atomic E-state index is 4.38. The molecule has 17 heavy (non-hydrogen) atoms. The second kappa shape index (κ2) is 7.67. The van der Waals surface area contributed by atoms with Gasteiger partial charge in [-0.3, -0.25) is 0 Å². The predicted octanol–water partition coefficient (Wildman–Crippen LogP) is 3.11. The molecule has 96 valence electrons. The summed E-state index contributed by atoms with van der Waals surface area (Å²) >= 11 is 1.74. The largest absolute Gasteiger partial charge is 0.312 e. The molecule has 0 amide bonds. The highest BCUT2D eigenvalue weighted by atomic mass is 32.2. The lowest BCUT2D eigenvalue weighted by Gasteiger charge is -2.08. The summed E-state index contributed by atoms with van der Waals surface area (Å²) in [5.41, 5.74) is 1.15. The Morgan fingerprint density at radius 2 is 1.88 bits per heavy atom. The van der Waals surface area contributed by atoms with Gasteiger partial charge in [0.1, 0.15) is 0 Å². The Morgan fingerprint density at radius 1 is 1.24 bits per heavy atom. The van der Waals surface area contributed by atoms with Crippen LogP contribution in [0.3, 0.4) is 0 Å². The Hall–Kier alpha value is -0.610. The Bertz CT molecular complexity index is 311. The van der Waals surface area contributed by atoms with E-state index in [1.807, 2.05) is 12.4 Å². The normalized spacial score (nSPS) is 13.0. The smallest absolute Gasteiger partial charge is 0.187 e. The van der Waals surface area contributed by atoms with Crippen LogP contribution in [0.2, 0.25) is 0 Å². The first-order chi connectivity index (χ1) is 8.11. The van der Waals surface area contributed by atoms with Gasteiger partial charge in [0.15, 0.2) is 5.16 Å². The van der Waals surface area contributed by atoms with E-state index in [9.17, 15) is 0 Å². The maximum Gasteiger partial charge on any atom is 0.187 e. The SMILES string of the molecule is CCC(C)Sc1ncc(CNCC(C)C)cn1. The molecule has 0 spiro atoms. The van der Waals surface area contributed by atoms with Crippen molar-refractivity contribution < 1.29 is 0 Å². The van der Waals surface area contributed by atoms with Crippen molar-refractivity contribution >= 4 is 11.8 Å². The minimum atomic E-state index is 0.583. The molecule has 0 aliphatic heterocycles. The molecular formula is C13H23N3S. The summed E-state index contributed by atoms with van der Waals surface area (Å²) in [4.78, 5) is 8.75. The molecule has 4 heteroatoms. The maximum atomic E-state index is 4.38. The van der Waals surface area contributed by atoms with E-state index in [4.69, 9.17) is 0 Å². The van der Waals surface area contributed by atoms with Crippen LogP contribution in [-0.4, -0.2) is 21.8 Å². The third-order valence-electron chi connectivity index (χ3n) is 2.44. The van der Waals surface area contributed by atoms with Gasteiger partial charge in [0.25, 0.3) is 0 Å². The average Bonchev–Trinajstić information content (AvgIpc) is 2.31. The van der Waals surface area contributed by atoms with Crippen LogP contribution in [0.1, 0.15) is 39.7 Å². The Kier molecular flexibility index (Phi) is 6.52. The lowest BCUT2D eigenvalue weighted by molar-refractivity contribution is 0.550. The van der Waals surface area contributed by atoms with Gasteiger partial charge in [-0.1, -0.05) is 39.5 Å². The first-order valence-electron chi connectivity index (χ1n) is 6.30. The lowest BCUT2D eigenvalue weighted by atomic mass is 10.2. The monoisotopic (exact) mass is 253 g/mol. The fourth-order valence-corrected chi connectivity index (χ4v) is 2.02. The van der Waals surface area contributed by atoms with E-state index in [0.29, 0.717) is 11.2 Å². The van der Waals surface area contributed by atoms with Gasteiger partial charge >= 0.3 is 0 Å². The fourth-order valence-electron chi connectivity index (χ4n) is 1.26. The Labute approximate surface area is 109 Å². The molecule has 0 aliphatic rings. The van der Waals surface area contributed by atoms with Crippen molar-refractivity contribution in [1.82, 2.24) is 15.3 Å². The van der Waals surface area contributed by atoms with Gasteiger partial charge in [-0.2, -0.15) is 0 Å². The molecule has 1 heterocycles. The van der Waals surface area contributed by atoms with Crippen LogP contribution in [0, 0.1) is 5.92 Å². The summed E-state index contributed by atoms with van der Waals surface area (Å²) in [6.45, 7) is 10.7. The third kappa shape index (κ3) is 6.03. The van der Waals surface area contributed by atoms with Crippen LogP contribution in [0.5, 0.6) is 0 Å². The van der Waals surface area contributed by atoms with Crippen molar-refractivity contribution in [2.75, 3.05) is 6.54 Å². The molecular weight excluding hydrogens is 230 g/mol. The van der Waals surface area contributed by atoms with Gasteiger partial charge in [0.2, 0.25) is 0 Å². The standard InChI is InChI=1S/C13H23N3S/c1-5-11(4)17-13-15-8-12(9-16-13)7-14-6-10(2)3/h8-11,14H,5-7H2,1-4H3. The fraction of sp³-hybridized carbons (Fsp3) is 0.692. The predicted molar refractivity (Wildman–Crippen MR) is 74.2 cm³/mol. The molecule has 1 atom stereocenters. The average molecular weight is 253 g/mol. The van der Waals surface area contributed by atoms with Gasteiger partial charge in [0, 0.05) is 29.8 Å². The number of aromatic nitrogens is 2. The first kappa shape index (κ1) is 14.5. The van der Waals surface area contributed by atoms with Gasteiger partial charge in [-0.05, 0) is 18.9 Å². The summed E-state index contributed by atoms with van der Waals surface area (Å²) in [6.07, 6.45) is 4.99. The zero-order chi connectivity index (χ0) is 12.7. The molecule has 3 nitrogen and oxygen atoms in total. The summed E-state index contributed by atoms with van der Waals surface area (Å²) in [5, 5.41) is 4.85. The molecule has 0 fully saturated rings. The number of nitrogens with zero attached hydrogens (tertiary/aromatic N) is 2. The van der Waals surface area contributed by atoms with Crippen molar-refractivity contribution in [3.05, 3.63) is 18.0 Å². The van der Waals surface area contributed by atoms with Crippen LogP contribution < -0.4 is 5.32 Å². The molecule has 0 bridgehead atoms. The van der Waals surface area contributed by atoms with Gasteiger partial charge in [0.05, 0.1) is 0 Å². The van der Waals surface area contributed by atoms with Crippen LogP contribution >= 0.6 is 11.8 Å². The molecule has 1 aromatic heterocycles. The lowest BCUT2D eigenvalue weighted by Crippen LogP contribution is -2.19. The van der Waals surface area contributed by atoms with Crippen molar-refractivity contribution in [2.24, 2.45) is 5.92 Å². The van der Waals surface area contributed by atoms with Crippen molar-refractivity contribution in [2.45, 2.75) is 51.1 Å². The summed E-state index contributed by atoms with van der Waals surface area (Å²) in [6, 6.07) is 0. The van der Waals surface area contributed by atoms with Crippen LogP contribution in [0.15, 0.2) is 17.6 Å². The molecule has 0 saturated carbocycles. The summed E-state index contributed by atoms with van der Waals surface area (Å²) < 4.78 is 0. The van der Waals surface area contributed by atoms with E-state index in [2.05, 4.69) is 43.0 Å². The molecule has 1 unspecified atom stereocenters. The van der Waals surface area contributed by atoms with Gasteiger partial charge < -0.3 is 5.32 Å². The first-order valence-corrected chi connectivity index (χ1v) is 7.18. The van der Waals surface area contributed by atoms with Crippen LogP contribution in [0.25, 0.3) is 0 Å². The molecule has 1 N–H and O–H groups in total. The quantitative estimate of drug-likeness (QED) is 0.598. The van der Waals surface area contributed by atoms with E-state index in [1.165, 1.54) is 0 Å². The van der Waals surface area contributed by atoms with E-state index in [-0.39, 0.29) is 0 Å². The Morgan fingerprint density at radius 3 is 2.41 bits per heavy atom. The van der Waals surface area contributed by atoms with E-state index < -0.39 is 0 Å². The summed E-state index contributed by atoms with van der Waals surface area (Å²) in [5.74, 6) is 0.677.